The van der Waals surface area contributed by atoms with Crippen molar-refractivity contribution in [3.63, 3.8) is 0 Å². The normalized spacial score (nSPS) is 16.3. The lowest BCUT2D eigenvalue weighted by molar-refractivity contribution is -0.708. The SMILES string of the molecule is Clc1ccc(Cl)c(-c2ccc(C[NH2+]C3CCCCC3)o2)c1. The van der Waals surface area contributed by atoms with E-state index in [1.165, 1.54) is 32.1 Å². The summed E-state index contributed by atoms with van der Waals surface area (Å²) in [5, 5.41) is 3.74. The Labute approximate surface area is 135 Å². The smallest absolute Gasteiger partial charge is 0.158 e. The summed E-state index contributed by atoms with van der Waals surface area (Å²) >= 11 is 12.2. The number of furan rings is 1. The predicted octanol–water partition coefficient (Wildman–Crippen LogP) is 4.65. The summed E-state index contributed by atoms with van der Waals surface area (Å²) in [6.45, 7) is 0.892. The first-order chi connectivity index (χ1) is 10.2. The second-order valence-electron chi connectivity index (χ2n) is 5.73. The average molecular weight is 325 g/mol. The van der Waals surface area contributed by atoms with E-state index in [2.05, 4.69) is 5.32 Å². The van der Waals surface area contributed by atoms with Gasteiger partial charge in [-0.25, -0.2) is 0 Å². The lowest BCUT2D eigenvalue weighted by Gasteiger charge is -2.19. The van der Waals surface area contributed by atoms with Gasteiger partial charge < -0.3 is 9.73 Å². The van der Waals surface area contributed by atoms with Crippen LogP contribution in [0.1, 0.15) is 37.9 Å². The molecule has 0 spiro atoms. The molecule has 4 heteroatoms. The predicted molar refractivity (Wildman–Crippen MR) is 86.7 cm³/mol. The number of nitrogens with two attached hydrogens (primary N) is 1. The summed E-state index contributed by atoms with van der Waals surface area (Å²) in [6.07, 6.45) is 6.77. The summed E-state index contributed by atoms with van der Waals surface area (Å²) in [5.41, 5.74) is 0.855. The molecule has 1 aliphatic carbocycles. The van der Waals surface area contributed by atoms with Gasteiger partial charge in [-0.3, -0.25) is 0 Å². The van der Waals surface area contributed by atoms with Crippen LogP contribution < -0.4 is 5.32 Å². The van der Waals surface area contributed by atoms with Crippen LogP contribution in [0, 0.1) is 0 Å². The highest BCUT2D eigenvalue weighted by atomic mass is 35.5. The molecule has 112 valence electrons. The molecule has 0 unspecified atom stereocenters. The summed E-state index contributed by atoms with van der Waals surface area (Å²) in [6, 6.07) is 10.2. The Kier molecular flexibility index (Phi) is 4.89. The summed E-state index contributed by atoms with van der Waals surface area (Å²) < 4.78 is 5.92. The molecule has 21 heavy (non-hydrogen) atoms. The van der Waals surface area contributed by atoms with Gasteiger partial charge in [0.1, 0.15) is 12.3 Å². The standard InChI is InChI=1S/C17H19Cl2NO/c18-12-6-8-16(19)15(10-12)17-9-7-14(21-17)11-20-13-4-2-1-3-5-13/h6-10,13,20H,1-5,11H2/p+1. The highest BCUT2D eigenvalue weighted by Gasteiger charge is 2.17. The Morgan fingerprint density at radius 1 is 1.05 bits per heavy atom. The van der Waals surface area contributed by atoms with Gasteiger partial charge in [-0.15, -0.1) is 0 Å². The molecule has 1 aromatic carbocycles. The zero-order valence-electron chi connectivity index (χ0n) is 11.9. The van der Waals surface area contributed by atoms with Crippen molar-refractivity contribution >= 4 is 23.2 Å². The highest BCUT2D eigenvalue weighted by Crippen LogP contribution is 2.31. The molecule has 2 N–H and O–H groups in total. The van der Waals surface area contributed by atoms with Crippen molar-refractivity contribution in [3.8, 4) is 11.3 Å². The number of hydrogen-bond acceptors (Lipinski definition) is 1. The lowest BCUT2D eigenvalue weighted by atomic mass is 9.95. The van der Waals surface area contributed by atoms with Crippen molar-refractivity contribution in [2.75, 3.05) is 0 Å². The van der Waals surface area contributed by atoms with E-state index in [1.807, 2.05) is 18.2 Å². The van der Waals surface area contributed by atoms with Gasteiger partial charge in [-0.1, -0.05) is 29.6 Å². The van der Waals surface area contributed by atoms with Gasteiger partial charge >= 0.3 is 0 Å². The van der Waals surface area contributed by atoms with E-state index >= 15 is 0 Å². The average Bonchev–Trinajstić information content (AvgIpc) is 2.97. The fourth-order valence-corrected chi connectivity index (χ4v) is 3.35. The molecule has 1 heterocycles. The van der Waals surface area contributed by atoms with Crippen LogP contribution in [-0.2, 0) is 6.54 Å². The Morgan fingerprint density at radius 3 is 2.67 bits per heavy atom. The molecular formula is C17H20Cl2NO+. The summed E-state index contributed by atoms with van der Waals surface area (Å²) in [7, 11) is 0. The minimum absolute atomic E-state index is 0.663. The van der Waals surface area contributed by atoms with E-state index in [1.54, 1.807) is 12.1 Å². The molecule has 1 fully saturated rings. The van der Waals surface area contributed by atoms with Gasteiger partial charge in [0, 0.05) is 10.6 Å². The van der Waals surface area contributed by atoms with Crippen molar-refractivity contribution in [1.82, 2.24) is 0 Å². The minimum Gasteiger partial charge on any atom is -0.455 e. The van der Waals surface area contributed by atoms with E-state index in [0.29, 0.717) is 10.0 Å². The molecule has 1 saturated carbocycles. The number of rotatable bonds is 4. The molecule has 0 bridgehead atoms. The van der Waals surface area contributed by atoms with E-state index in [0.717, 1.165) is 29.7 Å². The van der Waals surface area contributed by atoms with E-state index in [4.69, 9.17) is 27.6 Å². The molecule has 1 aromatic heterocycles. The molecular weight excluding hydrogens is 305 g/mol. The van der Waals surface area contributed by atoms with Gasteiger partial charge in [0.05, 0.1) is 11.1 Å². The summed E-state index contributed by atoms with van der Waals surface area (Å²) in [5.74, 6) is 1.78. The van der Waals surface area contributed by atoms with Gasteiger partial charge in [0.15, 0.2) is 5.76 Å². The maximum atomic E-state index is 6.21. The monoisotopic (exact) mass is 324 g/mol. The van der Waals surface area contributed by atoms with Crippen LogP contribution in [0.4, 0.5) is 0 Å². The number of hydrogen-bond donors (Lipinski definition) is 1. The molecule has 0 saturated heterocycles. The first-order valence-electron chi connectivity index (χ1n) is 7.60. The summed E-state index contributed by atoms with van der Waals surface area (Å²) in [4.78, 5) is 0. The zero-order chi connectivity index (χ0) is 14.7. The minimum atomic E-state index is 0.663. The Morgan fingerprint density at radius 2 is 1.86 bits per heavy atom. The van der Waals surface area contributed by atoms with Gasteiger partial charge in [0.25, 0.3) is 0 Å². The fraction of sp³-hybridized carbons (Fsp3) is 0.412. The third kappa shape index (κ3) is 3.82. The van der Waals surface area contributed by atoms with Crippen LogP contribution in [0.25, 0.3) is 11.3 Å². The lowest BCUT2D eigenvalue weighted by Crippen LogP contribution is -2.88. The van der Waals surface area contributed by atoms with Crippen LogP contribution in [-0.4, -0.2) is 6.04 Å². The third-order valence-corrected chi connectivity index (χ3v) is 4.72. The maximum Gasteiger partial charge on any atom is 0.158 e. The van der Waals surface area contributed by atoms with Gasteiger partial charge in [-0.2, -0.15) is 0 Å². The topological polar surface area (TPSA) is 29.8 Å². The van der Waals surface area contributed by atoms with Gasteiger partial charge in [0.2, 0.25) is 0 Å². The van der Waals surface area contributed by atoms with Crippen LogP contribution in [0.3, 0.4) is 0 Å². The van der Waals surface area contributed by atoms with Crippen LogP contribution in [0.5, 0.6) is 0 Å². The molecule has 0 aliphatic heterocycles. The van der Waals surface area contributed by atoms with E-state index in [9.17, 15) is 0 Å². The molecule has 0 radical (unpaired) electrons. The van der Waals surface area contributed by atoms with E-state index < -0.39 is 0 Å². The third-order valence-electron chi connectivity index (χ3n) is 4.16. The van der Waals surface area contributed by atoms with Crippen molar-refractivity contribution < 1.29 is 9.73 Å². The first-order valence-corrected chi connectivity index (χ1v) is 8.35. The largest absolute Gasteiger partial charge is 0.455 e. The molecule has 2 nitrogen and oxygen atoms in total. The molecule has 2 aromatic rings. The van der Waals surface area contributed by atoms with Crippen molar-refractivity contribution in [3.05, 3.63) is 46.1 Å². The number of benzene rings is 1. The molecule has 1 aliphatic rings. The second-order valence-corrected chi connectivity index (χ2v) is 6.57. The fourth-order valence-electron chi connectivity index (χ4n) is 2.97. The Hall–Kier alpha value is -0.960. The second kappa shape index (κ2) is 6.87. The molecule has 0 amide bonds. The first kappa shape index (κ1) is 15.0. The molecule has 3 rings (SSSR count). The highest BCUT2D eigenvalue weighted by molar-refractivity contribution is 6.35. The number of quaternary nitrogens is 1. The Bertz CT molecular complexity index is 603. The van der Waals surface area contributed by atoms with Crippen molar-refractivity contribution in [2.45, 2.75) is 44.7 Å². The zero-order valence-corrected chi connectivity index (χ0v) is 13.5. The molecule has 0 atom stereocenters. The van der Waals surface area contributed by atoms with Gasteiger partial charge in [-0.05, 0) is 56.0 Å². The van der Waals surface area contributed by atoms with E-state index in [-0.39, 0.29) is 0 Å². The van der Waals surface area contributed by atoms with Crippen molar-refractivity contribution in [1.29, 1.82) is 0 Å². The van der Waals surface area contributed by atoms with Crippen LogP contribution in [0.15, 0.2) is 34.7 Å². The van der Waals surface area contributed by atoms with Crippen LogP contribution in [0.2, 0.25) is 10.0 Å². The van der Waals surface area contributed by atoms with Crippen molar-refractivity contribution in [2.24, 2.45) is 0 Å². The maximum absolute atomic E-state index is 6.21. The van der Waals surface area contributed by atoms with Crippen LogP contribution >= 0.6 is 23.2 Å². The Balaban J connectivity index is 1.66. The number of halogens is 2. The quantitative estimate of drug-likeness (QED) is 0.871.